The Labute approximate surface area is 327 Å². The number of fused-ring (bicyclic) bond motifs is 17. The lowest BCUT2D eigenvalue weighted by Crippen LogP contribution is -2.32. The van der Waals surface area contributed by atoms with Gasteiger partial charge in [0.25, 0.3) is 0 Å². The molecule has 11 aromatic rings. The van der Waals surface area contributed by atoms with Crippen LogP contribution in [0, 0.1) is 0 Å². The van der Waals surface area contributed by atoms with Gasteiger partial charge in [-0.15, -0.1) is 0 Å². The van der Waals surface area contributed by atoms with Crippen molar-refractivity contribution in [3.63, 3.8) is 0 Å². The van der Waals surface area contributed by atoms with Crippen molar-refractivity contribution in [2.75, 3.05) is 0 Å². The molecule has 3 heteroatoms. The molecular weight excluding hydrogens is 697 g/mol. The number of hydrogen-bond donors (Lipinski definition) is 0. The summed E-state index contributed by atoms with van der Waals surface area (Å²) >= 11 is 1.91. The van der Waals surface area contributed by atoms with E-state index < -0.39 is 5.41 Å². The monoisotopic (exact) mass is 728 g/mol. The molecule has 0 N–H and O–H groups in total. The van der Waals surface area contributed by atoms with Crippen LogP contribution in [0.4, 0.5) is 0 Å². The number of rotatable bonds is 2. The van der Waals surface area contributed by atoms with Crippen LogP contribution in [0.2, 0.25) is 0 Å². The third-order valence-corrected chi connectivity index (χ3v) is 13.7. The van der Waals surface area contributed by atoms with Crippen molar-refractivity contribution in [1.82, 2.24) is 9.13 Å². The van der Waals surface area contributed by atoms with Crippen LogP contribution in [-0.4, -0.2) is 9.13 Å². The lowest BCUT2D eigenvalue weighted by Gasteiger charge is -2.40. The molecule has 3 heterocycles. The minimum absolute atomic E-state index is 0.577. The van der Waals surface area contributed by atoms with Gasteiger partial charge in [0.05, 0.1) is 27.5 Å². The predicted molar refractivity (Wildman–Crippen MR) is 234 cm³/mol. The molecule has 0 saturated carbocycles. The Bertz CT molecular complexity index is 3200. The molecule has 0 fully saturated rings. The summed E-state index contributed by atoms with van der Waals surface area (Å²) in [6.45, 7) is 0. The van der Waals surface area contributed by atoms with Crippen molar-refractivity contribution < 1.29 is 0 Å². The van der Waals surface area contributed by atoms with Crippen LogP contribution in [0.3, 0.4) is 0 Å². The van der Waals surface area contributed by atoms with Crippen LogP contribution in [0.1, 0.15) is 22.3 Å². The zero-order chi connectivity index (χ0) is 36.5. The van der Waals surface area contributed by atoms with Crippen molar-refractivity contribution in [3.8, 4) is 22.5 Å². The van der Waals surface area contributed by atoms with E-state index in [0.717, 1.165) is 0 Å². The van der Waals surface area contributed by atoms with Gasteiger partial charge in [0, 0.05) is 42.7 Å². The van der Waals surface area contributed by atoms with E-state index in [9.17, 15) is 0 Å². The minimum Gasteiger partial charge on any atom is -0.309 e. The second-order valence-corrected chi connectivity index (χ2v) is 16.3. The van der Waals surface area contributed by atoms with Crippen molar-refractivity contribution >= 4 is 66.1 Å². The fourth-order valence-corrected chi connectivity index (χ4v) is 11.6. The zero-order valence-electron chi connectivity index (χ0n) is 30.3. The fraction of sp³-hybridized carbons (Fsp3) is 0.0189. The Morgan fingerprint density at radius 2 is 0.786 bits per heavy atom. The van der Waals surface area contributed by atoms with Crippen molar-refractivity contribution in [1.29, 1.82) is 0 Å². The molecule has 1 aliphatic carbocycles. The predicted octanol–water partition coefficient (Wildman–Crippen LogP) is 13.9. The Morgan fingerprint density at radius 3 is 1.32 bits per heavy atom. The molecule has 0 radical (unpaired) electrons. The number of benzene rings is 9. The quantitative estimate of drug-likeness (QED) is 0.172. The van der Waals surface area contributed by atoms with Gasteiger partial charge in [0.15, 0.2) is 0 Å². The second kappa shape index (κ2) is 11.1. The Kier molecular flexibility index (Phi) is 6.06. The first-order valence-corrected chi connectivity index (χ1v) is 20.2. The summed E-state index contributed by atoms with van der Waals surface area (Å²) in [5.41, 5.74) is 14.6. The number of aromatic nitrogens is 2. The maximum Gasteiger partial charge on any atom is 0.0743 e. The van der Waals surface area contributed by atoms with Crippen LogP contribution in [0.25, 0.3) is 76.9 Å². The molecule has 1 aliphatic heterocycles. The van der Waals surface area contributed by atoms with Crippen LogP contribution < -0.4 is 0 Å². The Balaban J connectivity index is 1.19. The van der Waals surface area contributed by atoms with Gasteiger partial charge in [-0.05, 0) is 105 Å². The van der Waals surface area contributed by atoms with Gasteiger partial charge in [-0.25, -0.2) is 0 Å². The van der Waals surface area contributed by atoms with Crippen LogP contribution in [-0.2, 0) is 5.41 Å². The van der Waals surface area contributed by atoms with E-state index in [2.05, 4.69) is 203 Å². The molecule has 56 heavy (non-hydrogen) atoms. The van der Waals surface area contributed by atoms with Gasteiger partial charge in [-0.1, -0.05) is 145 Å². The average Bonchev–Trinajstić information content (AvgIpc) is 3.88. The average molecular weight is 729 g/mol. The third-order valence-electron chi connectivity index (χ3n) is 12.6. The molecule has 0 amide bonds. The summed E-state index contributed by atoms with van der Waals surface area (Å²) < 4.78 is 4.94. The largest absolute Gasteiger partial charge is 0.309 e. The summed E-state index contributed by atoms with van der Waals surface area (Å²) in [7, 11) is 0. The highest BCUT2D eigenvalue weighted by atomic mass is 32.2. The first kappa shape index (κ1) is 30.5. The van der Waals surface area contributed by atoms with E-state index in [0.29, 0.717) is 0 Å². The Morgan fingerprint density at radius 1 is 0.339 bits per heavy atom. The molecule has 0 unspecified atom stereocenters. The van der Waals surface area contributed by atoms with E-state index in [1.807, 2.05) is 11.8 Å². The molecular formula is C53H32N2S. The van der Waals surface area contributed by atoms with E-state index in [4.69, 9.17) is 0 Å². The summed E-state index contributed by atoms with van der Waals surface area (Å²) in [5.74, 6) is 0. The first-order valence-electron chi connectivity index (χ1n) is 19.4. The molecule has 0 atom stereocenters. The lowest BCUT2D eigenvalue weighted by atomic mass is 9.66. The van der Waals surface area contributed by atoms with Gasteiger partial charge in [-0.3, -0.25) is 0 Å². The summed E-state index contributed by atoms with van der Waals surface area (Å²) in [6.07, 6.45) is 0. The molecule has 1 spiro atoms. The zero-order valence-corrected chi connectivity index (χ0v) is 31.1. The molecule has 260 valence electrons. The van der Waals surface area contributed by atoms with E-state index in [1.165, 1.54) is 109 Å². The van der Waals surface area contributed by atoms with Crippen LogP contribution in [0.15, 0.2) is 204 Å². The number of hydrogen-bond acceptors (Lipinski definition) is 1. The minimum atomic E-state index is -0.577. The number of para-hydroxylation sites is 4. The summed E-state index contributed by atoms with van der Waals surface area (Å²) in [4.78, 5) is 2.62. The van der Waals surface area contributed by atoms with Crippen molar-refractivity contribution in [3.05, 3.63) is 216 Å². The molecule has 0 saturated heterocycles. The molecule has 2 aliphatic rings. The maximum absolute atomic E-state index is 2.52. The van der Waals surface area contributed by atoms with Crippen molar-refractivity contribution in [2.24, 2.45) is 0 Å². The molecule has 13 rings (SSSR count). The molecule has 2 nitrogen and oxygen atoms in total. The van der Waals surface area contributed by atoms with E-state index in [-0.39, 0.29) is 0 Å². The van der Waals surface area contributed by atoms with E-state index in [1.54, 1.807) is 0 Å². The van der Waals surface area contributed by atoms with Gasteiger partial charge in [-0.2, -0.15) is 0 Å². The lowest BCUT2D eigenvalue weighted by molar-refractivity contribution is 0.729. The van der Waals surface area contributed by atoms with E-state index >= 15 is 0 Å². The first-order chi connectivity index (χ1) is 27.8. The topological polar surface area (TPSA) is 9.86 Å². The van der Waals surface area contributed by atoms with Gasteiger partial charge in [0.1, 0.15) is 0 Å². The Hall–Kier alpha value is -6.81. The van der Waals surface area contributed by atoms with Crippen LogP contribution in [0.5, 0.6) is 0 Å². The smallest absolute Gasteiger partial charge is 0.0743 e. The van der Waals surface area contributed by atoms with Gasteiger partial charge >= 0.3 is 0 Å². The number of nitrogens with zero attached hydrogens (tertiary/aromatic N) is 2. The maximum atomic E-state index is 2.52. The van der Waals surface area contributed by atoms with Gasteiger partial charge < -0.3 is 9.13 Å². The van der Waals surface area contributed by atoms with Crippen LogP contribution >= 0.6 is 11.8 Å². The highest BCUT2D eigenvalue weighted by molar-refractivity contribution is 7.99. The second-order valence-electron chi connectivity index (χ2n) is 15.2. The fourth-order valence-electron chi connectivity index (χ4n) is 10.4. The molecule has 9 aromatic carbocycles. The molecule has 2 aromatic heterocycles. The summed E-state index contributed by atoms with van der Waals surface area (Å²) in [5, 5.41) is 7.65. The normalized spacial score (nSPS) is 13.8. The summed E-state index contributed by atoms with van der Waals surface area (Å²) in [6, 6.07) is 72.7. The SMILES string of the molecule is c1ccc2c(c1)Sc1ccc3ccccc3c1C21c2cc(-n3c4ccccc4c4ccccc43)ccc2-c2ccc(-n3c4ccccc4c4ccccc43)cc21. The third kappa shape index (κ3) is 3.83. The van der Waals surface area contributed by atoms with Crippen molar-refractivity contribution in [2.45, 2.75) is 15.2 Å². The highest BCUT2D eigenvalue weighted by Gasteiger charge is 2.51. The van der Waals surface area contributed by atoms with Gasteiger partial charge in [0.2, 0.25) is 0 Å². The highest BCUT2D eigenvalue weighted by Crippen LogP contribution is 2.64. The standard InChI is InChI=1S/C53H32N2S/c1-2-14-36-33(13-1)25-30-51-52(36)53(43-19-7-12-24-50(43)56-51)44-31-34(54-46-20-8-3-15-39(46)40-16-4-9-21-47(40)54)26-28-37(44)38-29-27-35(32-45(38)53)55-48-22-10-5-17-41(48)42-18-6-11-23-49(42)55/h1-32H. The molecule has 0 bridgehead atoms.